The summed E-state index contributed by atoms with van der Waals surface area (Å²) in [7, 11) is 0. The van der Waals surface area contributed by atoms with Gasteiger partial charge in [0, 0.05) is 10.9 Å². The molecule has 4 nitrogen and oxygen atoms in total. The van der Waals surface area contributed by atoms with Crippen LogP contribution in [0.5, 0.6) is 0 Å². The van der Waals surface area contributed by atoms with Crippen molar-refractivity contribution < 1.29 is 4.52 Å². The van der Waals surface area contributed by atoms with Crippen LogP contribution in [0.1, 0.15) is 11.4 Å². The number of hydrogen-bond acceptors (Lipinski definition) is 4. The molecule has 3 rings (SSSR count). The number of aromatic nitrogens is 2. The summed E-state index contributed by atoms with van der Waals surface area (Å²) in [6.07, 6.45) is 0.594. The topological polar surface area (TPSA) is 64.9 Å². The fourth-order valence-electron chi connectivity index (χ4n) is 1.94. The Labute approximate surface area is 135 Å². The molecule has 0 amide bonds. The molecule has 1 heterocycles. The van der Waals surface area contributed by atoms with Crippen LogP contribution in [0.3, 0.4) is 0 Å². The number of nitrogen functional groups attached to an aromatic ring is 1. The lowest BCUT2D eigenvalue weighted by molar-refractivity contribution is 0.424. The standard InChI is InChI=1S/C15H11BrClN3O/c16-10-6-4-9(5-7-10)8-13-19-15(21-20-13)11-2-1-3-12(17)14(11)18/h1-7H,8,18H2. The van der Waals surface area contributed by atoms with Crippen molar-refractivity contribution in [2.45, 2.75) is 6.42 Å². The molecule has 0 saturated heterocycles. The summed E-state index contributed by atoms with van der Waals surface area (Å²) in [5, 5.41) is 4.46. The van der Waals surface area contributed by atoms with E-state index in [2.05, 4.69) is 26.1 Å². The van der Waals surface area contributed by atoms with Crippen LogP contribution in [-0.4, -0.2) is 10.1 Å². The minimum atomic E-state index is 0.377. The average molecular weight is 365 g/mol. The van der Waals surface area contributed by atoms with Crippen molar-refractivity contribution in [1.29, 1.82) is 0 Å². The predicted molar refractivity (Wildman–Crippen MR) is 86.1 cm³/mol. The Balaban J connectivity index is 1.86. The summed E-state index contributed by atoms with van der Waals surface area (Å²) >= 11 is 9.40. The Morgan fingerprint density at radius 2 is 1.90 bits per heavy atom. The van der Waals surface area contributed by atoms with Gasteiger partial charge in [-0.2, -0.15) is 4.98 Å². The van der Waals surface area contributed by atoms with E-state index in [4.69, 9.17) is 21.9 Å². The highest BCUT2D eigenvalue weighted by Gasteiger charge is 2.13. The van der Waals surface area contributed by atoms with Crippen LogP contribution in [0.15, 0.2) is 51.5 Å². The third kappa shape index (κ3) is 3.09. The number of hydrogen-bond donors (Lipinski definition) is 1. The Hall–Kier alpha value is -1.85. The van der Waals surface area contributed by atoms with E-state index in [1.165, 1.54) is 0 Å². The van der Waals surface area contributed by atoms with Crippen LogP contribution in [-0.2, 0) is 6.42 Å². The van der Waals surface area contributed by atoms with Crippen LogP contribution >= 0.6 is 27.5 Å². The molecular formula is C15H11BrClN3O. The molecule has 106 valence electrons. The van der Waals surface area contributed by atoms with E-state index in [9.17, 15) is 0 Å². The molecule has 0 spiro atoms. The molecule has 2 N–H and O–H groups in total. The monoisotopic (exact) mass is 363 g/mol. The van der Waals surface area contributed by atoms with E-state index in [0.717, 1.165) is 10.0 Å². The average Bonchev–Trinajstić information content (AvgIpc) is 2.93. The van der Waals surface area contributed by atoms with E-state index in [1.54, 1.807) is 18.2 Å². The van der Waals surface area contributed by atoms with Crippen molar-refractivity contribution in [1.82, 2.24) is 10.1 Å². The summed E-state index contributed by atoms with van der Waals surface area (Å²) < 4.78 is 6.31. The number of rotatable bonds is 3. The maximum absolute atomic E-state index is 6.00. The van der Waals surface area contributed by atoms with Crippen LogP contribution in [0.2, 0.25) is 5.02 Å². The highest BCUT2D eigenvalue weighted by molar-refractivity contribution is 9.10. The molecule has 0 saturated carbocycles. The molecule has 1 aromatic heterocycles. The van der Waals surface area contributed by atoms with E-state index in [-0.39, 0.29) is 0 Å². The molecule has 0 aliphatic carbocycles. The molecule has 0 aliphatic heterocycles. The Bertz CT molecular complexity index is 771. The Kier molecular flexibility index (Phi) is 3.94. The summed E-state index contributed by atoms with van der Waals surface area (Å²) in [6, 6.07) is 13.3. The molecule has 0 aliphatic rings. The zero-order chi connectivity index (χ0) is 14.8. The fraction of sp³-hybridized carbons (Fsp3) is 0.0667. The van der Waals surface area contributed by atoms with E-state index < -0.39 is 0 Å². The second-order valence-electron chi connectivity index (χ2n) is 4.52. The van der Waals surface area contributed by atoms with Crippen molar-refractivity contribution in [3.63, 3.8) is 0 Å². The molecule has 0 atom stereocenters. The lowest BCUT2D eigenvalue weighted by Crippen LogP contribution is -1.93. The van der Waals surface area contributed by atoms with Crippen molar-refractivity contribution in [2.75, 3.05) is 5.73 Å². The summed E-state index contributed by atoms with van der Waals surface area (Å²) in [4.78, 5) is 4.37. The maximum Gasteiger partial charge on any atom is 0.260 e. The molecule has 0 radical (unpaired) electrons. The van der Waals surface area contributed by atoms with Gasteiger partial charge in [0.05, 0.1) is 16.3 Å². The number of anilines is 1. The van der Waals surface area contributed by atoms with Crippen molar-refractivity contribution in [2.24, 2.45) is 0 Å². The van der Waals surface area contributed by atoms with Crippen LogP contribution in [0, 0.1) is 0 Å². The zero-order valence-corrected chi connectivity index (χ0v) is 13.2. The minimum Gasteiger partial charge on any atom is -0.397 e. The highest BCUT2D eigenvalue weighted by Crippen LogP contribution is 2.30. The van der Waals surface area contributed by atoms with Gasteiger partial charge in [-0.1, -0.05) is 50.9 Å². The van der Waals surface area contributed by atoms with Gasteiger partial charge in [-0.05, 0) is 29.8 Å². The Morgan fingerprint density at radius 1 is 1.14 bits per heavy atom. The number of halogens is 2. The molecule has 0 bridgehead atoms. The second kappa shape index (κ2) is 5.87. The van der Waals surface area contributed by atoms with Gasteiger partial charge < -0.3 is 10.3 Å². The molecule has 3 aromatic rings. The molecule has 0 fully saturated rings. The number of benzene rings is 2. The van der Waals surface area contributed by atoms with Gasteiger partial charge in [0.15, 0.2) is 5.82 Å². The van der Waals surface area contributed by atoms with Gasteiger partial charge in [-0.25, -0.2) is 0 Å². The number of para-hydroxylation sites is 1. The smallest absolute Gasteiger partial charge is 0.260 e. The van der Waals surface area contributed by atoms with Gasteiger partial charge in [0.1, 0.15) is 0 Å². The third-order valence-electron chi connectivity index (χ3n) is 3.03. The molecule has 0 unspecified atom stereocenters. The number of nitrogens with two attached hydrogens (primary N) is 1. The van der Waals surface area contributed by atoms with Crippen LogP contribution in [0.4, 0.5) is 5.69 Å². The summed E-state index contributed by atoms with van der Waals surface area (Å²) in [5.74, 6) is 0.980. The van der Waals surface area contributed by atoms with Crippen molar-refractivity contribution in [3.05, 3.63) is 63.3 Å². The number of nitrogens with zero attached hydrogens (tertiary/aromatic N) is 2. The molecule has 2 aromatic carbocycles. The third-order valence-corrected chi connectivity index (χ3v) is 3.89. The van der Waals surface area contributed by atoms with Gasteiger partial charge >= 0.3 is 0 Å². The van der Waals surface area contributed by atoms with Crippen molar-refractivity contribution in [3.8, 4) is 11.5 Å². The van der Waals surface area contributed by atoms with Gasteiger partial charge in [-0.15, -0.1) is 0 Å². The van der Waals surface area contributed by atoms with Gasteiger partial charge in [0.25, 0.3) is 5.89 Å². The first kappa shape index (κ1) is 14.1. The molecule has 6 heteroatoms. The predicted octanol–water partition coefficient (Wildman–Crippen LogP) is 4.33. The maximum atomic E-state index is 6.00. The fourth-order valence-corrected chi connectivity index (χ4v) is 2.38. The normalized spacial score (nSPS) is 10.8. The first-order valence-electron chi connectivity index (χ1n) is 6.25. The lowest BCUT2D eigenvalue weighted by Gasteiger charge is -2.01. The van der Waals surface area contributed by atoms with Gasteiger partial charge in [-0.3, -0.25) is 0 Å². The first-order valence-corrected chi connectivity index (χ1v) is 7.42. The lowest BCUT2D eigenvalue weighted by atomic mass is 10.1. The Morgan fingerprint density at radius 3 is 2.67 bits per heavy atom. The first-order chi connectivity index (χ1) is 10.1. The quantitative estimate of drug-likeness (QED) is 0.703. The highest BCUT2D eigenvalue weighted by atomic mass is 79.9. The molecule has 21 heavy (non-hydrogen) atoms. The van der Waals surface area contributed by atoms with Gasteiger partial charge in [0.2, 0.25) is 0 Å². The zero-order valence-electron chi connectivity index (χ0n) is 10.9. The second-order valence-corrected chi connectivity index (χ2v) is 5.84. The van der Waals surface area contributed by atoms with E-state index in [1.807, 2.05) is 24.3 Å². The van der Waals surface area contributed by atoms with Crippen molar-refractivity contribution >= 4 is 33.2 Å². The van der Waals surface area contributed by atoms with E-state index in [0.29, 0.717) is 34.4 Å². The van der Waals surface area contributed by atoms with E-state index >= 15 is 0 Å². The van der Waals surface area contributed by atoms with Crippen LogP contribution in [0.25, 0.3) is 11.5 Å². The SMILES string of the molecule is Nc1c(Cl)cccc1-c1nc(Cc2ccc(Br)cc2)no1. The minimum absolute atomic E-state index is 0.377. The summed E-state index contributed by atoms with van der Waals surface area (Å²) in [6.45, 7) is 0. The molecular weight excluding hydrogens is 354 g/mol. The summed E-state index contributed by atoms with van der Waals surface area (Å²) in [5.41, 5.74) is 8.12. The van der Waals surface area contributed by atoms with Crippen LogP contribution < -0.4 is 5.73 Å². The largest absolute Gasteiger partial charge is 0.397 e.